The molecule has 0 saturated carbocycles. The molecule has 1 N–H and O–H groups in total. The van der Waals surface area contributed by atoms with Gasteiger partial charge in [-0.05, 0) is 61.4 Å². The Bertz CT molecular complexity index is 741. The van der Waals surface area contributed by atoms with E-state index < -0.39 is 5.97 Å². The minimum absolute atomic E-state index is 0.285. The van der Waals surface area contributed by atoms with E-state index in [1.807, 2.05) is 0 Å². The molecule has 0 heterocycles. The van der Waals surface area contributed by atoms with Crippen LogP contribution in [-0.4, -0.2) is 25.1 Å². The Hall–Kier alpha value is -3.15. The van der Waals surface area contributed by atoms with Gasteiger partial charge in [-0.2, -0.15) is 0 Å². The summed E-state index contributed by atoms with van der Waals surface area (Å²) in [4.78, 5) is 23.0. The quantitative estimate of drug-likeness (QED) is 0.419. The lowest BCUT2D eigenvalue weighted by Gasteiger charge is -2.08. The van der Waals surface area contributed by atoms with E-state index in [1.165, 1.54) is 24.3 Å². The van der Waals surface area contributed by atoms with Crippen molar-refractivity contribution in [1.29, 1.82) is 0 Å². The molecule has 0 aliphatic carbocycles. The lowest BCUT2D eigenvalue weighted by molar-refractivity contribution is -0.137. The van der Waals surface area contributed by atoms with Crippen LogP contribution in [0.5, 0.6) is 5.75 Å². The predicted octanol–water partition coefficient (Wildman–Crippen LogP) is 3.97. The average Bonchev–Trinajstić information content (AvgIpc) is 2.66. The second kappa shape index (κ2) is 9.98. The smallest absolute Gasteiger partial charge is 0.330 e. The molecule has 0 atom stereocenters. The van der Waals surface area contributed by atoms with Crippen LogP contribution in [0.3, 0.4) is 0 Å². The highest BCUT2D eigenvalue weighted by atomic mass is 19.1. The van der Waals surface area contributed by atoms with Crippen LogP contribution in [0.15, 0.2) is 61.2 Å². The number of rotatable bonds is 9. The SMILES string of the molecule is C=CC(=O)OCCCCOc1ccc(C(=O)Nc2ccc(F)cc2)cc1. The van der Waals surface area contributed by atoms with Crippen molar-refractivity contribution in [2.75, 3.05) is 18.5 Å². The van der Waals surface area contributed by atoms with Gasteiger partial charge in [0.25, 0.3) is 5.91 Å². The lowest BCUT2D eigenvalue weighted by Crippen LogP contribution is -2.11. The molecule has 0 aromatic heterocycles. The summed E-state index contributed by atoms with van der Waals surface area (Å²) in [7, 11) is 0. The van der Waals surface area contributed by atoms with Crippen molar-refractivity contribution in [3.63, 3.8) is 0 Å². The van der Waals surface area contributed by atoms with Gasteiger partial charge in [0.05, 0.1) is 13.2 Å². The number of hydrogen-bond acceptors (Lipinski definition) is 4. The van der Waals surface area contributed by atoms with Crippen LogP contribution in [0.1, 0.15) is 23.2 Å². The van der Waals surface area contributed by atoms with E-state index in [1.54, 1.807) is 24.3 Å². The Morgan fingerprint density at radius 3 is 2.31 bits per heavy atom. The molecule has 2 rings (SSSR count). The zero-order chi connectivity index (χ0) is 18.8. The third kappa shape index (κ3) is 6.39. The molecule has 0 saturated heterocycles. The molecule has 2 aromatic rings. The number of halogens is 1. The van der Waals surface area contributed by atoms with Gasteiger partial charge in [0, 0.05) is 17.3 Å². The van der Waals surface area contributed by atoms with Crippen molar-refractivity contribution in [2.24, 2.45) is 0 Å². The summed E-state index contributed by atoms with van der Waals surface area (Å²) in [5.74, 6) is -0.428. The van der Waals surface area contributed by atoms with Gasteiger partial charge in [0.2, 0.25) is 0 Å². The Morgan fingerprint density at radius 1 is 1.00 bits per heavy atom. The first-order chi connectivity index (χ1) is 12.6. The molecule has 5 nitrogen and oxygen atoms in total. The molecule has 0 spiro atoms. The van der Waals surface area contributed by atoms with E-state index >= 15 is 0 Å². The fourth-order valence-electron chi connectivity index (χ4n) is 2.06. The molecule has 136 valence electrons. The first kappa shape index (κ1) is 19.2. The highest BCUT2D eigenvalue weighted by Crippen LogP contribution is 2.15. The van der Waals surface area contributed by atoms with Crippen LogP contribution in [-0.2, 0) is 9.53 Å². The standard InChI is InChI=1S/C20H20FNO4/c1-2-19(23)26-14-4-3-13-25-18-11-5-15(6-12-18)20(24)22-17-9-7-16(21)8-10-17/h2,5-12H,1,3-4,13-14H2,(H,22,24). The first-order valence-corrected chi connectivity index (χ1v) is 8.17. The van der Waals surface area contributed by atoms with Crippen molar-refractivity contribution < 1.29 is 23.5 Å². The zero-order valence-corrected chi connectivity index (χ0v) is 14.2. The van der Waals surface area contributed by atoms with Gasteiger partial charge in [-0.3, -0.25) is 4.79 Å². The molecule has 6 heteroatoms. The lowest BCUT2D eigenvalue weighted by atomic mass is 10.2. The molecule has 0 radical (unpaired) electrons. The minimum atomic E-state index is -0.430. The zero-order valence-electron chi connectivity index (χ0n) is 14.2. The topological polar surface area (TPSA) is 64.6 Å². The Balaban J connectivity index is 1.73. The monoisotopic (exact) mass is 357 g/mol. The van der Waals surface area contributed by atoms with Gasteiger partial charge in [-0.15, -0.1) is 0 Å². The maximum absolute atomic E-state index is 12.9. The summed E-state index contributed by atoms with van der Waals surface area (Å²) >= 11 is 0. The average molecular weight is 357 g/mol. The number of unbranched alkanes of at least 4 members (excludes halogenated alkanes) is 1. The predicted molar refractivity (Wildman–Crippen MR) is 96.7 cm³/mol. The third-order valence-corrected chi connectivity index (χ3v) is 3.44. The number of esters is 1. The van der Waals surface area contributed by atoms with Crippen LogP contribution in [0.25, 0.3) is 0 Å². The van der Waals surface area contributed by atoms with E-state index in [9.17, 15) is 14.0 Å². The number of carbonyl (C=O) groups is 2. The number of carbonyl (C=O) groups excluding carboxylic acids is 2. The maximum Gasteiger partial charge on any atom is 0.330 e. The number of benzene rings is 2. The molecular weight excluding hydrogens is 337 g/mol. The minimum Gasteiger partial charge on any atom is -0.494 e. The highest BCUT2D eigenvalue weighted by molar-refractivity contribution is 6.04. The van der Waals surface area contributed by atoms with Crippen molar-refractivity contribution in [3.05, 3.63) is 72.6 Å². The molecule has 2 aromatic carbocycles. The van der Waals surface area contributed by atoms with Crippen molar-refractivity contribution in [2.45, 2.75) is 12.8 Å². The number of nitrogens with one attached hydrogen (secondary N) is 1. The summed E-state index contributed by atoms with van der Waals surface area (Å²) in [6, 6.07) is 12.3. The van der Waals surface area contributed by atoms with Gasteiger partial charge < -0.3 is 14.8 Å². The van der Waals surface area contributed by atoms with Gasteiger partial charge >= 0.3 is 5.97 Å². The number of anilines is 1. The van der Waals surface area contributed by atoms with Crippen LogP contribution in [0.4, 0.5) is 10.1 Å². The summed E-state index contributed by atoms with van der Waals surface area (Å²) in [5.41, 5.74) is 0.992. The van der Waals surface area contributed by atoms with Gasteiger partial charge in [0.15, 0.2) is 0 Å². The molecule has 0 bridgehead atoms. The summed E-state index contributed by atoms with van der Waals surface area (Å²) < 4.78 is 23.3. The van der Waals surface area contributed by atoms with Crippen molar-refractivity contribution in [1.82, 2.24) is 0 Å². The Labute approximate surface area is 151 Å². The van der Waals surface area contributed by atoms with E-state index in [0.29, 0.717) is 36.6 Å². The first-order valence-electron chi connectivity index (χ1n) is 8.17. The number of hydrogen-bond donors (Lipinski definition) is 1. The van der Waals surface area contributed by atoms with Crippen molar-refractivity contribution in [3.8, 4) is 5.75 Å². The third-order valence-electron chi connectivity index (χ3n) is 3.44. The summed E-state index contributed by atoms with van der Waals surface area (Å²) in [6.45, 7) is 4.13. The van der Waals surface area contributed by atoms with Crippen LogP contribution >= 0.6 is 0 Å². The van der Waals surface area contributed by atoms with E-state index in [2.05, 4.69) is 11.9 Å². The Kier molecular flexibility index (Phi) is 7.36. The molecule has 0 fully saturated rings. The van der Waals surface area contributed by atoms with Gasteiger partial charge in [0.1, 0.15) is 11.6 Å². The molecule has 1 amide bonds. The number of amides is 1. The summed E-state index contributed by atoms with van der Waals surface area (Å²) in [6.07, 6.45) is 2.55. The molecule has 0 aliphatic heterocycles. The fourth-order valence-corrected chi connectivity index (χ4v) is 2.06. The van der Waals surface area contributed by atoms with Crippen LogP contribution in [0, 0.1) is 5.82 Å². The number of ether oxygens (including phenoxy) is 2. The molecular formula is C20H20FNO4. The summed E-state index contributed by atoms with van der Waals surface area (Å²) in [5, 5.41) is 2.69. The second-order valence-corrected chi connectivity index (χ2v) is 5.41. The van der Waals surface area contributed by atoms with E-state index in [4.69, 9.17) is 9.47 Å². The highest BCUT2D eigenvalue weighted by Gasteiger charge is 2.06. The fraction of sp³-hybridized carbons (Fsp3) is 0.200. The van der Waals surface area contributed by atoms with Crippen molar-refractivity contribution >= 4 is 17.6 Å². The van der Waals surface area contributed by atoms with E-state index in [-0.39, 0.29) is 11.7 Å². The second-order valence-electron chi connectivity index (χ2n) is 5.41. The molecule has 0 unspecified atom stereocenters. The largest absolute Gasteiger partial charge is 0.494 e. The van der Waals surface area contributed by atoms with Crippen LogP contribution in [0.2, 0.25) is 0 Å². The molecule has 26 heavy (non-hydrogen) atoms. The normalized spacial score (nSPS) is 10.0. The maximum atomic E-state index is 12.9. The van der Waals surface area contributed by atoms with Crippen LogP contribution < -0.4 is 10.1 Å². The van der Waals surface area contributed by atoms with E-state index in [0.717, 1.165) is 12.5 Å². The molecule has 0 aliphatic rings. The van der Waals surface area contributed by atoms with Gasteiger partial charge in [-0.1, -0.05) is 6.58 Å². The Morgan fingerprint density at radius 2 is 1.65 bits per heavy atom. The van der Waals surface area contributed by atoms with Gasteiger partial charge in [-0.25, -0.2) is 9.18 Å².